The van der Waals surface area contributed by atoms with E-state index in [-0.39, 0.29) is 56.0 Å². The van der Waals surface area contributed by atoms with E-state index in [1.54, 1.807) is 25.7 Å². The average molecular weight is 787 g/mol. The van der Waals surface area contributed by atoms with Crippen LogP contribution in [0.2, 0.25) is 0 Å². The molecule has 5 rings (SSSR count). The number of amides is 2. The Balaban J connectivity index is 0.000000248. The molecule has 3 heterocycles. The molecule has 13 nitrogen and oxygen atoms in total. The SMILES string of the molecule is C[C@H](c1ccccc1)N1C[C@@](CCOS(C)(=O)=O)(C(=O)OC(C)(C)C)[C@H](CO)C1=O.C[C@H](c1ccccc1)N1C[C@]2(C(=O)OC(C)(C)C)CCOC[C@@H]2C1=O. The maximum atomic E-state index is 13.2. The topological polar surface area (TPSA) is 166 Å². The molecule has 14 heteroatoms. The molecular formula is C41H58N2O11S. The summed E-state index contributed by atoms with van der Waals surface area (Å²) in [5.41, 5.74) is -1.66. The number of hydrogen-bond donors (Lipinski definition) is 1. The number of ether oxygens (including phenoxy) is 3. The Hall–Kier alpha value is -3.85. The van der Waals surface area contributed by atoms with Gasteiger partial charge in [-0.15, -0.1) is 0 Å². The third kappa shape index (κ3) is 10.3. The number of aliphatic hydroxyl groups is 1. The molecule has 2 amide bonds. The summed E-state index contributed by atoms with van der Waals surface area (Å²) in [6, 6.07) is 18.8. The van der Waals surface area contributed by atoms with Crippen LogP contribution in [0.1, 0.15) is 91.4 Å². The van der Waals surface area contributed by atoms with Gasteiger partial charge in [0, 0.05) is 19.7 Å². The van der Waals surface area contributed by atoms with Gasteiger partial charge in [-0.05, 0) is 79.4 Å². The van der Waals surface area contributed by atoms with Crippen LogP contribution in [0.5, 0.6) is 0 Å². The minimum Gasteiger partial charge on any atom is -0.459 e. The van der Waals surface area contributed by atoms with Crippen LogP contribution in [-0.4, -0.2) is 104 Å². The predicted molar refractivity (Wildman–Crippen MR) is 205 cm³/mol. The zero-order valence-electron chi connectivity index (χ0n) is 33.6. The van der Waals surface area contributed by atoms with Gasteiger partial charge in [-0.2, -0.15) is 8.42 Å². The summed E-state index contributed by atoms with van der Waals surface area (Å²) >= 11 is 0. The van der Waals surface area contributed by atoms with E-state index in [1.807, 2.05) is 100 Å². The van der Waals surface area contributed by atoms with E-state index in [4.69, 9.17) is 18.4 Å². The van der Waals surface area contributed by atoms with Crippen molar-refractivity contribution in [3.05, 3.63) is 71.8 Å². The summed E-state index contributed by atoms with van der Waals surface area (Å²) in [6.45, 7) is 14.9. The van der Waals surface area contributed by atoms with Gasteiger partial charge in [-0.25, -0.2) is 0 Å². The van der Waals surface area contributed by atoms with E-state index in [0.717, 1.165) is 17.4 Å². The first-order valence-corrected chi connectivity index (χ1v) is 20.6. The van der Waals surface area contributed by atoms with Crippen molar-refractivity contribution in [2.24, 2.45) is 22.7 Å². The van der Waals surface area contributed by atoms with Gasteiger partial charge in [0.05, 0.1) is 50.0 Å². The molecule has 0 saturated carbocycles. The van der Waals surface area contributed by atoms with Gasteiger partial charge in [-0.1, -0.05) is 60.7 Å². The Bertz CT molecular complexity index is 1770. The van der Waals surface area contributed by atoms with Crippen molar-refractivity contribution in [2.45, 2.75) is 91.5 Å². The number of hydrogen-bond acceptors (Lipinski definition) is 11. The lowest BCUT2D eigenvalue weighted by Crippen LogP contribution is -2.48. The highest BCUT2D eigenvalue weighted by Crippen LogP contribution is 2.48. The monoisotopic (exact) mass is 786 g/mol. The Morgan fingerprint density at radius 3 is 1.80 bits per heavy atom. The van der Waals surface area contributed by atoms with Gasteiger partial charge in [0.25, 0.3) is 10.1 Å². The Morgan fingerprint density at radius 2 is 1.33 bits per heavy atom. The fourth-order valence-corrected chi connectivity index (χ4v) is 7.92. The maximum absolute atomic E-state index is 13.2. The maximum Gasteiger partial charge on any atom is 0.315 e. The molecule has 1 N–H and O–H groups in total. The average Bonchev–Trinajstić information content (AvgIpc) is 3.58. The van der Waals surface area contributed by atoms with Gasteiger partial charge in [-0.3, -0.25) is 23.4 Å². The van der Waals surface area contributed by atoms with E-state index in [2.05, 4.69) is 0 Å². The molecule has 304 valence electrons. The standard InChI is InChI=1S/C21H31NO7S.C20H27NO4/c1-15(16-9-7-6-8-10-16)22-14-21(17(13-23)18(22)24,11-12-28-30(5,26)27)19(25)29-20(2,3)4;1-14(15-8-6-5-7-9-15)21-13-20(18(23)25-19(2,3)4)10-11-24-12-16(20)17(21)22/h6-10,15,17,23H,11-14H2,1-5H3;5-9,14,16H,10-13H2,1-4H3/t15-,17-,21-;14-,16-,20-/m11/s1. The highest BCUT2D eigenvalue weighted by molar-refractivity contribution is 7.85. The van der Waals surface area contributed by atoms with Crippen LogP contribution in [0, 0.1) is 22.7 Å². The van der Waals surface area contributed by atoms with Crippen LogP contribution in [0.15, 0.2) is 60.7 Å². The highest BCUT2D eigenvalue weighted by atomic mass is 32.2. The van der Waals surface area contributed by atoms with Crippen LogP contribution in [0.25, 0.3) is 0 Å². The van der Waals surface area contributed by atoms with E-state index in [1.165, 1.54) is 0 Å². The van der Waals surface area contributed by atoms with Gasteiger partial charge in [0.2, 0.25) is 11.8 Å². The summed E-state index contributed by atoms with van der Waals surface area (Å²) in [5.74, 6) is -2.82. The Kier molecular flexibility index (Phi) is 13.6. The number of carbonyl (C=O) groups excluding carboxylic acids is 4. The molecule has 6 atom stereocenters. The summed E-state index contributed by atoms with van der Waals surface area (Å²) in [6.07, 6.45) is 1.36. The fourth-order valence-electron chi connectivity index (χ4n) is 7.53. The molecule has 55 heavy (non-hydrogen) atoms. The van der Waals surface area contributed by atoms with E-state index in [0.29, 0.717) is 19.6 Å². The van der Waals surface area contributed by atoms with Crippen molar-refractivity contribution >= 4 is 33.9 Å². The molecule has 3 fully saturated rings. The zero-order chi connectivity index (χ0) is 41.0. The number of nitrogens with zero attached hydrogens (tertiary/aromatic N) is 2. The second-order valence-electron chi connectivity index (χ2n) is 16.8. The van der Waals surface area contributed by atoms with E-state index in [9.17, 15) is 32.7 Å². The first-order chi connectivity index (χ1) is 25.5. The van der Waals surface area contributed by atoms with Crippen LogP contribution in [0.4, 0.5) is 0 Å². The number of aliphatic hydroxyl groups excluding tert-OH is 1. The van der Waals surface area contributed by atoms with Gasteiger partial charge in [0.1, 0.15) is 22.0 Å². The number of likely N-dealkylation sites (tertiary alicyclic amines) is 2. The van der Waals surface area contributed by atoms with Gasteiger partial charge in [0.15, 0.2) is 0 Å². The lowest BCUT2D eigenvalue weighted by molar-refractivity contribution is -0.177. The number of rotatable bonds is 11. The quantitative estimate of drug-likeness (QED) is 0.245. The Labute approximate surface area is 325 Å². The van der Waals surface area contributed by atoms with Gasteiger partial charge >= 0.3 is 11.9 Å². The van der Waals surface area contributed by atoms with Crippen LogP contribution in [0.3, 0.4) is 0 Å². The summed E-state index contributed by atoms with van der Waals surface area (Å²) < 4.78 is 44.5. The fraction of sp³-hybridized carbons (Fsp3) is 0.610. The molecule has 3 aliphatic rings. The molecule has 3 aliphatic heterocycles. The summed E-state index contributed by atoms with van der Waals surface area (Å²) in [7, 11) is -3.73. The van der Waals surface area contributed by atoms with Crippen LogP contribution in [-0.2, 0) is 47.7 Å². The molecule has 0 aliphatic carbocycles. The van der Waals surface area contributed by atoms with Crippen molar-refractivity contribution < 1.29 is 51.1 Å². The molecule has 0 unspecified atom stereocenters. The molecule has 2 aromatic carbocycles. The third-order valence-corrected chi connectivity index (χ3v) is 11.1. The third-order valence-electron chi connectivity index (χ3n) is 10.5. The largest absolute Gasteiger partial charge is 0.459 e. The number of esters is 2. The van der Waals surface area contributed by atoms with Crippen molar-refractivity contribution in [3.8, 4) is 0 Å². The molecule has 3 saturated heterocycles. The summed E-state index contributed by atoms with van der Waals surface area (Å²) in [5, 5.41) is 10.0. The minimum atomic E-state index is -3.73. The van der Waals surface area contributed by atoms with Crippen molar-refractivity contribution in [2.75, 3.05) is 45.8 Å². The summed E-state index contributed by atoms with van der Waals surface area (Å²) in [4.78, 5) is 55.9. The minimum absolute atomic E-state index is 0.00481. The van der Waals surface area contributed by atoms with Crippen molar-refractivity contribution in [1.29, 1.82) is 0 Å². The van der Waals surface area contributed by atoms with Crippen LogP contribution >= 0.6 is 0 Å². The predicted octanol–water partition coefficient (Wildman–Crippen LogP) is 4.85. The zero-order valence-corrected chi connectivity index (χ0v) is 34.4. The molecule has 0 aromatic heterocycles. The van der Waals surface area contributed by atoms with Crippen molar-refractivity contribution in [1.82, 2.24) is 9.80 Å². The smallest absolute Gasteiger partial charge is 0.315 e. The van der Waals surface area contributed by atoms with E-state index >= 15 is 0 Å². The molecule has 2 aromatic rings. The Morgan fingerprint density at radius 1 is 0.836 bits per heavy atom. The second kappa shape index (κ2) is 17.1. The molecule has 0 radical (unpaired) electrons. The second-order valence-corrected chi connectivity index (χ2v) is 18.5. The first kappa shape index (κ1) is 43.9. The lowest BCUT2D eigenvalue weighted by Gasteiger charge is -2.37. The first-order valence-electron chi connectivity index (χ1n) is 18.8. The molecular weight excluding hydrogens is 729 g/mol. The van der Waals surface area contributed by atoms with Crippen molar-refractivity contribution in [3.63, 3.8) is 0 Å². The van der Waals surface area contributed by atoms with E-state index < -0.39 is 56.6 Å². The van der Waals surface area contributed by atoms with Gasteiger partial charge < -0.3 is 29.1 Å². The number of fused-ring (bicyclic) bond motifs is 1. The molecule has 0 spiro atoms. The molecule has 0 bridgehead atoms. The lowest BCUT2D eigenvalue weighted by atomic mass is 9.74. The normalized spacial score (nSPS) is 25.4. The van der Waals surface area contributed by atoms with Crippen LogP contribution < -0.4 is 0 Å². The number of benzene rings is 2. The highest BCUT2D eigenvalue weighted by Gasteiger charge is 2.61. The number of carbonyl (C=O) groups is 4.